The average Bonchev–Trinajstić information content (AvgIpc) is 2.83. The van der Waals surface area contributed by atoms with Crippen molar-refractivity contribution in [2.24, 2.45) is 10.9 Å². The molecule has 0 amide bonds. The van der Waals surface area contributed by atoms with Gasteiger partial charge in [-0.05, 0) is 45.1 Å². The molecule has 1 N–H and O–H groups in total. The molecular formula is C16H31N3S. The molecule has 2 unspecified atom stereocenters. The van der Waals surface area contributed by atoms with E-state index in [2.05, 4.69) is 36.0 Å². The molecule has 0 bridgehead atoms. The normalized spacial score (nSPS) is 27.9. The van der Waals surface area contributed by atoms with Crippen LogP contribution >= 0.6 is 11.8 Å². The molecule has 116 valence electrons. The van der Waals surface area contributed by atoms with Gasteiger partial charge in [0.1, 0.15) is 0 Å². The largest absolute Gasteiger partial charge is 0.365 e. The van der Waals surface area contributed by atoms with Gasteiger partial charge in [-0.1, -0.05) is 32.0 Å². The Morgan fingerprint density at radius 3 is 3.00 bits per heavy atom. The van der Waals surface area contributed by atoms with Crippen LogP contribution in [0.25, 0.3) is 0 Å². The molecule has 2 aliphatic rings. The molecule has 1 saturated heterocycles. The van der Waals surface area contributed by atoms with Gasteiger partial charge >= 0.3 is 0 Å². The van der Waals surface area contributed by atoms with Crippen molar-refractivity contribution in [2.45, 2.75) is 64.2 Å². The van der Waals surface area contributed by atoms with Crippen molar-refractivity contribution in [3.63, 3.8) is 0 Å². The second-order valence-corrected chi connectivity index (χ2v) is 7.97. The third-order valence-electron chi connectivity index (χ3n) is 4.29. The summed E-state index contributed by atoms with van der Waals surface area (Å²) in [4.78, 5) is 7.27. The zero-order chi connectivity index (χ0) is 14.4. The molecule has 20 heavy (non-hydrogen) atoms. The van der Waals surface area contributed by atoms with Gasteiger partial charge in [0.15, 0.2) is 5.17 Å². The first kappa shape index (κ1) is 16.2. The minimum Gasteiger partial charge on any atom is -0.365 e. The number of hydrogen-bond acceptors (Lipinski definition) is 4. The standard InChI is InChI=1S/C16H31N3S/c1-13(2)11-15-12-18-16(20-15)17-8-6-10-19-9-5-4-7-14(19)3/h13-15H,4-12H2,1-3H3,(H,17,18). The van der Waals surface area contributed by atoms with Gasteiger partial charge in [0.05, 0.1) is 6.54 Å². The fourth-order valence-corrected chi connectivity index (χ4v) is 4.41. The fourth-order valence-electron chi connectivity index (χ4n) is 3.13. The average molecular weight is 298 g/mol. The first-order valence-electron chi connectivity index (χ1n) is 8.34. The van der Waals surface area contributed by atoms with E-state index in [9.17, 15) is 0 Å². The van der Waals surface area contributed by atoms with Crippen molar-refractivity contribution >= 4 is 16.9 Å². The maximum atomic E-state index is 4.62. The van der Waals surface area contributed by atoms with E-state index in [4.69, 9.17) is 0 Å². The van der Waals surface area contributed by atoms with E-state index < -0.39 is 0 Å². The topological polar surface area (TPSA) is 27.6 Å². The zero-order valence-corrected chi connectivity index (χ0v) is 14.2. The Morgan fingerprint density at radius 2 is 2.25 bits per heavy atom. The summed E-state index contributed by atoms with van der Waals surface area (Å²) in [5, 5.41) is 5.42. The lowest BCUT2D eigenvalue weighted by Gasteiger charge is -2.33. The summed E-state index contributed by atoms with van der Waals surface area (Å²) in [6.45, 7) is 11.6. The Morgan fingerprint density at radius 1 is 1.40 bits per heavy atom. The van der Waals surface area contributed by atoms with Crippen LogP contribution in [0.3, 0.4) is 0 Å². The lowest BCUT2D eigenvalue weighted by molar-refractivity contribution is 0.159. The predicted molar refractivity (Wildman–Crippen MR) is 90.6 cm³/mol. The highest BCUT2D eigenvalue weighted by Crippen LogP contribution is 2.25. The predicted octanol–water partition coefficient (Wildman–Crippen LogP) is 3.36. The molecule has 2 heterocycles. The van der Waals surface area contributed by atoms with Crippen molar-refractivity contribution in [1.29, 1.82) is 0 Å². The van der Waals surface area contributed by atoms with Crippen LogP contribution in [0.4, 0.5) is 0 Å². The van der Waals surface area contributed by atoms with Crippen LogP contribution < -0.4 is 5.32 Å². The van der Waals surface area contributed by atoms with Crippen molar-refractivity contribution in [1.82, 2.24) is 10.2 Å². The van der Waals surface area contributed by atoms with E-state index in [1.807, 2.05) is 11.8 Å². The first-order chi connectivity index (χ1) is 9.65. The van der Waals surface area contributed by atoms with Crippen molar-refractivity contribution in [3.8, 4) is 0 Å². The van der Waals surface area contributed by atoms with Gasteiger partial charge in [-0.25, -0.2) is 0 Å². The molecule has 4 heteroatoms. The summed E-state index contributed by atoms with van der Waals surface area (Å²) >= 11 is 1.95. The second kappa shape index (κ2) is 8.28. The van der Waals surface area contributed by atoms with E-state index in [0.717, 1.165) is 25.0 Å². The maximum absolute atomic E-state index is 4.62. The lowest BCUT2D eigenvalue weighted by atomic mass is 10.0. The molecule has 0 aliphatic carbocycles. The van der Waals surface area contributed by atoms with Gasteiger partial charge in [-0.2, -0.15) is 0 Å². The van der Waals surface area contributed by atoms with Gasteiger partial charge in [-0.15, -0.1) is 0 Å². The maximum Gasteiger partial charge on any atom is 0.156 e. The van der Waals surface area contributed by atoms with E-state index in [1.165, 1.54) is 50.4 Å². The number of amidine groups is 1. The minimum absolute atomic E-state index is 0.708. The molecule has 2 aliphatic heterocycles. The number of piperidine rings is 1. The smallest absolute Gasteiger partial charge is 0.156 e. The molecule has 0 saturated carbocycles. The molecule has 0 aromatic heterocycles. The second-order valence-electron chi connectivity index (χ2n) is 6.68. The van der Waals surface area contributed by atoms with Crippen LogP contribution in [0, 0.1) is 5.92 Å². The third-order valence-corrected chi connectivity index (χ3v) is 5.46. The molecule has 3 nitrogen and oxygen atoms in total. The Balaban J connectivity index is 1.55. The summed E-state index contributed by atoms with van der Waals surface area (Å²) in [7, 11) is 0. The van der Waals surface area contributed by atoms with Crippen LogP contribution in [-0.2, 0) is 0 Å². The van der Waals surface area contributed by atoms with Gasteiger partial charge in [0.2, 0.25) is 0 Å². The molecule has 2 atom stereocenters. The number of rotatable bonds is 6. The zero-order valence-electron chi connectivity index (χ0n) is 13.4. The van der Waals surface area contributed by atoms with Crippen LogP contribution in [0.1, 0.15) is 52.9 Å². The third kappa shape index (κ3) is 5.28. The molecule has 1 fully saturated rings. The summed E-state index contributed by atoms with van der Waals surface area (Å²) in [6.07, 6.45) is 6.70. The number of aliphatic imine (C=N–C) groups is 1. The summed E-state index contributed by atoms with van der Waals surface area (Å²) < 4.78 is 0. The summed E-state index contributed by atoms with van der Waals surface area (Å²) in [5.41, 5.74) is 0. The number of nitrogens with zero attached hydrogens (tertiary/aromatic N) is 2. The molecule has 0 radical (unpaired) electrons. The molecule has 0 aromatic carbocycles. The Kier molecular flexibility index (Phi) is 6.69. The minimum atomic E-state index is 0.708. The number of hydrogen-bond donors (Lipinski definition) is 1. The van der Waals surface area contributed by atoms with E-state index in [1.54, 1.807) is 0 Å². The number of likely N-dealkylation sites (tertiary alicyclic amines) is 1. The van der Waals surface area contributed by atoms with Gasteiger partial charge in [0, 0.05) is 24.4 Å². The quantitative estimate of drug-likeness (QED) is 0.762. The SMILES string of the molecule is CC(C)CC1CN=C(NCCCN2CCCCC2C)S1. The molecular weight excluding hydrogens is 266 g/mol. The monoisotopic (exact) mass is 297 g/mol. The van der Waals surface area contributed by atoms with Gasteiger partial charge < -0.3 is 10.2 Å². The van der Waals surface area contributed by atoms with Crippen molar-refractivity contribution in [3.05, 3.63) is 0 Å². The van der Waals surface area contributed by atoms with Crippen molar-refractivity contribution in [2.75, 3.05) is 26.2 Å². The highest BCUT2D eigenvalue weighted by Gasteiger charge is 2.20. The van der Waals surface area contributed by atoms with Crippen molar-refractivity contribution < 1.29 is 0 Å². The van der Waals surface area contributed by atoms with E-state index >= 15 is 0 Å². The number of nitrogens with one attached hydrogen (secondary N) is 1. The van der Waals surface area contributed by atoms with Crippen LogP contribution in [0.2, 0.25) is 0 Å². The highest BCUT2D eigenvalue weighted by atomic mass is 32.2. The summed E-state index contributed by atoms with van der Waals surface area (Å²) in [5.74, 6) is 0.780. The van der Waals surface area contributed by atoms with E-state index in [-0.39, 0.29) is 0 Å². The Hall–Kier alpha value is -0.220. The van der Waals surface area contributed by atoms with Gasteiger partial charge in [-0.3, -0.25) is 4.99 Å². The first-order valence-corrected chi connectivity index (χ1v) is 9.22. The van der Waals surface area contributed by atoms with E-state index in [0.29, 0.717) is 5.25 Å². The van der Waals surface area contributed by atoms with Crippen LogP contribution in [-0.4, -0.2) is 47.5 Å². The van der Waals surface area contributed by atoms with Crippen LogP contribution in [0.5, 0.6) is 0 Å². The number of thioether (sulfide) groups is 1. The highest BCUT2D eigenvalue weighted by molar-refractivity contribution is 8.14. The molecule has 2 rings (SSSR count). The molecule has 0 spiro atoms. The van der Waals surface area contributed by atoms with Gasteiger partial charge in [0.25, 0.3) is 0 Å². The Labute approximate surface area is 129 Å². The Bertz CT molecular complexity index is 317. The summed E-state index contributed by atoms with van der Waals surface area (Å²) in [6, 6.07) is 0.789. The van der Waals surface area contributed by atoms with Crippen LogP contribution in [0.15, 0.2) is 4.99 Å². The molecule has 0 aromatic rings. The lowest BCUT2D eigenvalue weighted by Crippen LogP contribution is -2.39. The fraction of sp³-hybridized carbons (Fsp3) is 0.938.